The van der Waals surface area contributed by atoms with Gasteiger partial charge in [0.25, 0.3) is 0 Å². The van der Waals surface area contributed by atoms with Crippen LogP contribution in [0.1, 0.15) is 44.7 Å². The number of nitrogens with zero attached hydrogens (tertiary/aromatic N) is 1. The first kappa shape index (κ1) is 12.7. The Balaban J connectivity index is 1.88. The largest absolute Gasteiger partial charge is 0.392 e. The zero-order valence-corrected chi connectivity index (χ0v) is 10.7. The summed E-state index contributed by atoms with van der Waals surface area (Å²) in [4.78, 5) is 0. The summed E-state index contributed by atoms with van der Waals surface area (Å²) in [6.45, 7) is 4.03. The molecule has 1 fully saturated rings. The zero-order valence-electron chi connectivity index (χ0n) is 10.7. The van der Waals surface area contributed by atoms with Crippen LogP contribution in [0.4, 0.5) is 0 Å². The van der Waals surface area contributed by atoms with Crippen molar-refractivity contribution in [1.82, 2.24) is 9.88 Å². The van der Waals surface area contributed by atoms with Gasteiger partial charge in [-0.3, -0.25) is 0 Å². The van der Waals surface area contributed by atoms with Crippen molar-refractivity contribution < 1.29 is 5.11 Å². The van der Waals surface area contributed by atoms with Crippen LogP contribution in [0.5, 0.6) is 0 Å². The third-order valence-electron chi connectivity index (χ3n) is 3.79. The van der Waals surface area contributed by atoms with E-state index >= 15 is 0 Å². The highest BCUT2D eigenvalue weighted by Gasteiger charge is 2.20. The Kier molecular flexibility index (Phi) is 4.63. The molecular weight excluding hydrogens is 212 g/mol. The lowest BCUT2D eigenvalue weighted by Gasteiger charge is -2.22. The number of nitrogens with one attached hydrogen (secondary N) is 1. The Morgan fingerprint density at radius 1 is 1.35 bits per heavy atom. The van der Waals surface area contributed by atoms with Crippen LogP contribution in [-0.2, 0) is 13.1 Å². The van der Waals surface area contributed by atoms with Crippen molar-refractivity contribution in [2.24, 2.45) is 0 Å². The smallest absolute Gasteiger partial charge is 0.0693 e. The van der Waals surface area contributed by atoms with E-state index in [4.69, 9.17) is 0 Å². The van der Waals surface area contributed by atoms with E-state index in [1.807, 2.05) is 0 Å². The van der Waals surface area contributed by atoms with Gasteiger partial charge in [0.15, 0.2) is 0 Å². The maximum absolute atomic E-state index is 10.0. The third kappa shape index (κ3) is 3.33. The molecule has 17 heavy (non-hydrogen) atoms. The molecule has 1 aromatic heterocycles. The third-order valence-corrected chi connectivity index (χ3v) is 3.79. The Bertz CT molecular complexity index is 335. The molecule has 2 N–H and O–H groups in total. The number of aliphatic hydroxyl groups excluding tert-OH is 1. The van der Waals surface area contributed by atoms with Gasteiger partial charge in [-0.15, -0.1) is 0 Å². The van der Waals surface area contributed by atoms with Crippen molar-refractivity contribution in [2.75, 3.05) is 0 Å². The molecule has 0 spiro atoms. The van der Waals surface area contributed by atoms with E-state index in [9.17, 15) is 5.11 Å². The fraction of sp³-hybridized carbons (Fsp3) is 0.714. The van der Waals surface area contributed by atoms with E-state index in [1.165, 1.54) is 25.0 Å². The van der Waals surface area contributed by atoms with Gasteiger partial charge in [-0.05, 0) is 31.9 Å². The predicted molar refractivity (Wildman–Crippen MR) is 69.8 cm³/mol. The van der Waals surface area contributed by atoms with Gasteiger partial charge in [-0.1, -0.05) is 19.3 Å². The van der Waals surface area contributed by atoms with Gasteiger partial charge < -0.3 is 15.0 Å². The van der Waals surface area contributed by atoms with E-state index in [1.54, 1.807) is 0 Å². The summed E-state index contributed by atoms with van der Waals surface area (Å²) in [6, 6.07) is 4.52. The van der Waals surface area contributed by atoms with Crippen LogP contribution in [0.15, 0.2) is 18.3 Å². The van der Waals surface area contributed by atoms with Crippen molar-refractivity contribution in [3.8, 4) is 0 Å². The molecule has 1 aromatic rings. The van der Waals surface area contributed by atoms with Crippen LogP contribution >= 0.6 is 0 Å². The van der Waals surface area contributed by atoms with E-state index in [0.29, 0.717) is 0 Å². The second-order valence-electron chi connectivity index (χ2n) is 4.98. The maximum Gasteiger partial charge on any atom is 0.0693 e. The van der Waals surface area contributed by atoms with Gasteiger partial charge in [0.1, 0.15) is 0 Å². The molecule has 2 unspecified atom stereocenters. The fourth-order valence-corrected chi connectivity index (χ4v) is 2.68. The molecule has 0 saturated heterocycles. The zero-order chi connectivity index (χ0) is 12.1. The average molecular weight is 236 g/mol. The lowest BCUT2D eigenvalue weighted by Crippen LogP contribution is -2.38. The van der Waals surface area contributed by atoms with Crippen molar-refractivity contribution in [1.29, 1.82) is 0 Å². The molecule has 3 nitrogen and oxygen atoms in total. The Morgan fingerprint density at radius 2 is 2.18 bits per heavy atom. The van der Waals surface area contributed by atoms with Crippen LogP contribution in [0.3, 0.4) is 0 Å². The van der Waals surface area contributed by atoms with Crippen LogP contribution in [0.25, 0.3) is 0 Å². The molecule has 1 heterocycles. The number of aryl methyl sites for hydroxylation is 1. The monoisotopic (exact) mass is 236 g/mol. The second kappa shape index (κ2) is 6.22. The van der Waals surface area contributed by atoms with Crippen LogP contribution < -0.4 is 5.32 Å². The van der Waals surface area contributed by atoms with Crippen LogP contribution in [0.2, 0.25) is 0 Å². The fourth-order valence-electron chi connectivity index (χ4n) is 2.68. The molecule has 3 heteroatoms. The number of hydrogen-bond acceptors (Lipinski definition) is 2. The van der Waals surface area contributed by atoms with Gasteiger partial charge in [-0.25, -0.2) is 0 Å². The Morgan fingerprint density at radius 3 is 3.00 bits per heavy atom. The Labute approximate surface area is 104 Å². The summed E-state index contributed by atoms with van der Waals surface area (Å²) < 4.78 is 2.25. The van der Waals surface area contributed by atoms with E-state index in [0.717, 1.165) is 25.9 Å². The number of aromatic nitrogens is 1. The normalized spacial score (nSPS) is 25.8. The SMILES string of the molecule is CCn1cccc1CNC1CCCCCC1O. The lowest BCUT2D eigenvalue weighted by atomic mass is 10.1. The summed E-state index contributed by atoms with van der Waals surface area (Å²) in [5.41, 5.74) is 1.31. The first-order chi connectivity index (χ1) is 8.31. The summed E-state index contributed by atoms with van der Waals surface area (Å²) >= 11 is 0. The van der Waals surface area contributed by atoms with Crippen molar-refractivity contribution in [3.05, 3.63) is 24.0 Å². The molecule has 0 bridgehead atoms. The van der Waals surface area contributed by atoms with Gasteiger partial charge in [0.05, 0.1) is 6.10 Å². The molecule has 1 aliphatic carbocycles. The number of hydrogen-bond donors (Lipinski definition) is 2. The molecule has 0 aliphatic heterocycles. The molecule has 0 amide bonds. The first-order valence-electron chi connectivity index (χ1n) is 6.86. The van der Waals surface area contributed by atoms with Gasteiger partial charge in [-0.2, -0.15) is 0 Å². The number of aliphatic hydroxyl groups is 1. The van der Waals surface area contributed by atoms with E-state index < -0.39 is 0 Å². The highest BCUT2D eigenvalue weighted by Crippen LogP contribution is 2.18. The summed E-state index contributed by atoms with van der Waals surface area (Å²) in [7, 11) is 0. The van der Waals surface area contributed by atoms with Gasteiger partial charge in [0.2, 0.25) is 0 Å². The van der Waals surface area contributed by atoms with Gasteiger partial charge in [0, 0.05) is 31.0 Å². The highest BCUT2D eigenvalue weighted by molar-refractivity contribution is 5.07. The summed E-state index contributed by atoms with van der Waals surface area (Å²) in [5, 5.41) is 13.6. The second-order valence-corrected chi connectivity index (χ2v) is 4.98. The minimum absolute atomic E-state index is 0.164. The number of rotatable bonds is 4. The minimum atomic E-state index is -0.164. The lowest BCUT2D eigenvalue weighted by molar-refractivity contribution is 0.119. The van der Waals surface area contributed by atoms with Crippen molar-refractivity contribution >= 4 is 0 Å². The molecule has 96 valence electrons. The quantitative estimate of drug-likeness (QED) is 0.787. The summed E-state index contributed by atoms with van der Waals surface area (Å²) in [5.74, 6) is 0. The Hall–Kier alpha value is -0.800. The van der Waals surface area contributed by atoms with Gasteiger partial charge >= 0.3 is 0 Å². The molecule has 2 atom stereocenters. The van der Waals surface area contributed by atoms with Crippen molar-refractivity contribution in [2.45, 2.75) is 64.3 Å². The van der Waals surface area contributed by atoms with Crippen LogP contribution in [-0.4, -0.2) is 21.8 Å². The van der Waals surface area contributed by atoms with Crippen molar-refractivity contribution in [3.63, 3.8) is 0 Å². The molecule has 0 aromatic carbocycles. The molecule has 0 radical (unpaired) electrons. The minimum Gasteiger partial charge on any atom is -0.392 e. The molecule has 2 rings (SSSR count). The molecule has 1 aliphatic rings. The van der Waals surface area contributed by atoms with E-state index in [-0.39, 0.29) is 12.1 Å². The molecule has 1 saturated carbocycles. The van der Waals surface area contributed by atoms with Crippen LogP contribution in [0, 0.1) is 0 Å². The molecular formula is C14H24N2O. The predicted octanol–water partition coefficient (Wildman–Crippen LogP) is 2.29. The topological polar surface area (TPSA) is 37.2 Å². The summed E-state index contributed by atoms with van der Waals surface area (Å²) in [6.07, 6.45) is 7.68. The standard InChI is InChI=1S/C14H24N2O/c1-2-16-10-6-7-12(16)11-15-13-8-4-3-5-9-14(13)17/h6-7,10,13-15,17H,2-5,8-9,11H2,1H3. The first-order valence-corrected chi connectivity index (χ1v) is 6.86. The highest BCUT2D eigenvalue weighted by atomic mass is 16.3. The van der Waals surface area contributed by atoms with E-state index in [2.05, 4.69) is 35.1 Å². The average Bonchev–Trinajstić information content (AvgIpc) is 2.70. The maximum atomic E-state index is 10.0.